The zero-order valence-corrected chi connectivity index (χ0v) is 14.1. The highest BCUT2D eigenvalue weighted by Crippen LogP contribution is 2.16. The third-order valence-electron chi connectivity index (χ3n) is 2.64. The number of rotatable bonds is 7. The minimum Gasteiger partial charge on any atom is -0.352 e. The Labute approximate surface area is 135 Å². The molecule has 0 saturated heterocycles. The van der Waals surface area contributed by atoms with Crippen molar-refractivity contribution >= 4 is 35.2 Å². The molecule has 0 heterocycles. The number of carbonyl (C=O) groups excluding carboxylic acids is 2. The molecule has 6 heteroatoms. The molecule has 0 aromatic heterocycles. The average molecular weight is 329 g/mol. The smallest absolute Gasteiger partial charge is 0.239 e. The van der Waals surface area contributed by atoms with Gasteiger partial charge >= 0.3 is 0 Å². The van der Waals surface area contributed by atoms with Crippen molar-refractivity contribution in [3.8, 4) is 0 Å². The SMILES string of the molecule is CC(C)NC(=O)CN(C)C(=O)CSCc1cccc(Cl)c1. The summed E-state index contributed by atoms with van der Waals surface area (Å²) < 4.78 is 0. The molecule has 0 aliphatic heterocycles. The fourth-order valence-corrected chi connectivity index (χ4v) is 2.79. The summed E-state index contributed by atoms with van der Waals surface area (Å²) in [5, 5.41) is 3.46. The highest BCUT2D eigenvalue weighted by molar-refractivity contribution is 7.99. The number of nitrogens with one attached hydrogen (secondary N) is 1. The minimum atomic E-state index is -0.138. The van der Waals surface area contributed by atoms with Gasteiger partial charge in [0.1, 0.15) is 0 Å². The van der Waals surface area contributed by atoms with Crippen LogP contribution in [0.1, 0.15) is 19.4 Å². The number of amides is 2. The largest absolute Gasteiger partial charge is 0.352 e. The van der Waals surface area contributed by atoms with Gasteiger partial charge in [0, 0.05) is 23.9 Å². The molecule has 21 heavy (non-hydrogen) atoms. The van der Waals surface area contributed by atoms with Crippen molar-refractivity contribution in [1.29, 1.82) is 0 Å². The average Bonchev–Trinajstić information content (AvgIpc) is 2.37. The maximum absolute atomic E-state index is 11.9. The predicted octanol–water partition coefficient (Wildman–Crippen LogP) is 2.56. The summed E-state index contributed by atoms with van der Waals surface area (Å²) in [5.74, 6) is 0.873. The molecule has 4 nitrogen and oxygen atoms in total. The zero-order chi connectivity index (χ0) is 15.8. The molecular formula is C15H21ClN2O2S. The lowest BCUT2D eigenvalue weighted by Gasteiger charge is -2.17. The molecule has 0 aliphatic carbocycles. The molecule has 0 atom stereocenters. The first-order valence-corrected chi connectivity index (χ1v) is 8.27. The standard InChI is InChI=1S/C15H21ClN2O2S/c1-11(2)17-14(19)8-18(3)15(20)10-21-9-12-5-4-6-13(16)7-12/h4-7,11H,8-10H2,1-3H3,(H,17,19). The van der Waals surface area contributed by atoms with Crippen molar-refractivity contribution < 1.29 is 9.59 Å². The number of likely N-dealkylation sites (N-methyl/N-ethyl adjacent to an activating group) is 1. The van der Waals surface area contributed by atoms with Crippen LogP contribution in [-0.4, -0.2) is 42.1 Å². The maximum Gasteiger partial charge on any atom is 0.239 e. The Morgan fingerprint density at radius 3 is 2.71 bits per heavy atom. The van der Waals surface area contributed by atoms with Crippen LogP contribution in [0.5, 0.6) is 0 Å². The van der Waals surface area contributed by atoms with Gasteiger partial charge in [0.2, 0.25) is 11.8 Å². The van der Waals surface area contributed by atoms with Gasteiger partial charge in [-0.2, -0.15) is 0 Å². The van der Waals surface area contributed by atoms with Gasteiger partial charge in [-0.1, -0.05) is 23.7 Å². The molecule has 0 spiro atoms. The van der Waals surface area contributed by atoms with Crippen LogP contribution in [0.25, 0.3) is 0 Å². The molecule has 0 saturated carbocycles. The number of hydrogen-bond donors (Lipinski definition) is 1. The highest BCUT2D eigenvalue weighted by atomic mass is 35.5. The summed E-state index contributed by atoms with van der Waals surface area (Å²) in [6.07, 6.45) is 0. The lowest BCUT2D eigenvalue weighted by atomic mass is 10.2. The lowest BCUT2D eigenvalue weighted by Crippen LogP contribution is -2.41. The van der Waals surface area contributed by atoms with Gasteiger partial charge in [-0.25, -0.2) is 0 Å². The van der Waals surface area contributed by atoms with Crippen LogP contribution in [0, 0.1) is 0 Å². The molecule has 0 radical (unpaired) electrons. The fourth-order valence-electron chi connectivity index (χ4n) is 1.66. The van der Waals surface area contributed by atoms with Gasteiger partial charge in [-0.05, 0) is 31.5 Å². The van der Waals surface area contributed by atoms with Gasteiger partial charge in [-0.3, -0.25) is 9.59 Å². The molecular weight excluding hydrogens is 308 g/mol. The summed E-state index contributed by atoms with van der Waals surface area (Å²) in [7, 11) is 1.64. The van der Waals surface area contributed by atoms with E-state index in [1.54, 1.807) is 7.05 Å². The first kappa shape index (κ1) is 17.9. The normalized spacial score (nSPS) is 10.5. The summed E-state index contributed by atoms with van der Waals surface area (Å²) in [5.41, 5.74) is 1.08. The van der Waals surface area contributed by atoms with Crippen LogP contribution < -0.4 is 5.32 Å². The molecule has 1 aromatic rings. The molecule has 116 valence electrons. The van der Waals surface area contributed by atoms with Crippen molar-refractivity contribution in [3.63, 3.8) is 0 Å². The van der Waals surface area contributed by atoms with Crippen LogP contribution >= 0.6 is 23.4 Å². The summed E-state index contributed by atoms with van der Waals surface area (Å²) in [6, 6.07) is 7.66. The summed E-state index contributed by atoms with van der Waals surface area (Å²) >= 11 is 7.42. The summed E-state index contributed by atoms with van der Waals surface area (Å²) in [6.45, 7) is 3.87. The minimum absolute atomic E-state index is 0.0547. The Morgan fingerprint density at radius 2 is 2.10 bits per heavy atom. The van der Waals surface area contributed by atoms with Gasteiger partial charge in [-0.15, -0.1) is 11.8 Å². The second kappa shape index (κ2) is 8.95. The Hall–Kier alpha value is -1.20. The highest BCUT2D eigenvalue weighted by Gasteiger charge is 2.13. The Kier molecular flexibility index (Phi) is 7.61. The van der Waals surface area contributed by atoms with E-state index in [9.17, 15) is 9.59 Å². The molecule has 0 aliphatic rings. The first-order valence-electron chi connectivity index (χ1n) is 6.74. The zero-order valence-electron chi connectivity index (χ0n) is 12.6. The second-order valence-corrected chi connectivity index (χ2v) is 6.52. The van der Waals surface area contributed by atoms with E-state index >= 15 is 0 Å². The molecule has 0 fully saturated rings. The first-order chi connectivity index (χ1) is 9.88. The fraction of sp³-hybridized carbons (Fsp3) is 0.467. The van der Waals surface area contributed by atoms with Gasteiger partial charge in [0.25, 0.3) is 0 Å². The van der Waals surface area contributed by atoms with E-state index in [0.717, 1.165) is 11.3 Å². The quantitative estimate of drug-likeness (QED) is 0.837. The Balaban J connectivity index is 2.31. The van der Waals surface area contributed by atoms with Gasteiger partial charge < -0.3 is 10.2 Å². The van der Waals surface area contributed by atoms with Crippen molar-refractivity contribution in [2.45, 2.75) is 25.6 Å². The van der Waals surface area contributed by atoms with Gasteiger partial charge in [0.05, 0.1) is 12.3 Å². The Morgan fingerprint density at radius 1 is 1.38 bits per heavy atom. The van der Waals surface area contributed by atoms with E-state index in [2.05, 4.69) is 5.32 Å². The molecule has 2 amide bonds. The van der Waals surface area contributed by atoms with E-state index in [1.165, 1.54) is 16.7 Å². The molecule has 1 aromatic carbocycles. The molecule has 1 rings (SSSR count). The van der Waals surface area contributed by atoms with E-state index in [1.807, 2.05) is 38.1 Å². The van der Waals surface area contributed by atoms with Crippen LogP contribution in [0.4, 0.5) is 0 Å². The Bertz CT molecular complexity index is 494. The topological polar surface area (TPSA) is 49.4 Å². The van der Waals surface area contributed by atoms with Crippen molar-refractivity contribution in [3.05, 3.63) is 34.9 Å². The molecule has 0 bridgehead atoms. The third kappa shape index (κ3) is 7.39. The van der Waals surface area contributed by atoms with Crippen molar-refractivity contribution in [2.24, 2.45) is 0 Å². The van der Waals surface area contributed by atoms with E-state index < -0.39 is 0 Å². The van der Waals surface area contributed by atoms with Crippen LogP contribution in [-0.2, 0) is 15.3 Å². The number of thioether (sulfide) groups is 1. The second-order valence-electron chi connectivity index (χ2n) is 5.09. The monoisotopic (exact) mass is 328 g/mol. The molecule has 1 N–H and O–H groups in total. The lowest BCUT2D eigenvalue weighted by molar-refractivity contribution is -0.132. The predicted molar refractivity (Wildman–Crippen MR) is 88.5 cm³/mol. The van der Waals surface area contributed by atoms with Crippen LogP contribution in [0.2, 0.25) is 5.02 Å². The number of nitrogens with zero attached hydrogens (tertiary/aromatic N) is 1. The van der Waals surface area contributed by atoms with E-state index in [0.29, 0.717) is 10.8 Å². The summed E-state index contributed by atoms with van der Waals surface area (Å²) in [4.78, 5) is 24.9. The molecule has 0 unspecified atom stereocenters. The van der Waals surface area contributed by atoms with Crippen molar-refractivity contribution in [1.82, 2.24) is 10.2 Å². The number of hydrogen-bond acceptors (Lipinski definition) is 3. The number of halogens is 1. The maximum atomic E-state index is 11.9. The van der Waals surface area contributed by atoms with E-state index in [-0.39, 0.29) is 24.4 Å². The van der Waals surface area contributed by atoms with E-state index in [4.69, 9.17) is 11.6 Å². The third-order valence-corrected chi connectivity index (χ3v) is 3.86. The van der Waals surface area contributed by atoms with Gasteiger partial charge in [0.15, 0.2) is 0 Å². The van der Waals surface area contributed by atoms with Crippen molar-refractivity contribution in [2.75, 3.05) is 19.3 Å². The number of carbonyl (C=O) groups is 2. The number of benzene rings is 1. The van der Waals surface area contributed by atoms with Crippen LogP contribution in [0.15, 0.2) is 24.3 Å². The van der Waals surface area contributed by atoms with Crippen LogP contribution in [0.3, 0.4) is 0 Å².